The van der Waals surface area contributed by atoms with Crippen LogP contribution in [-0.2, 0) is 0 Å². The molecule has 1 aromatic carbocycles. The smallest absolute Gasteiger partial charge is 0.224 e. The minimum Gasteiger partial charge on any atom is -0.439 e. The minimum absolute atomic E-state index is 0.442. The zero-order valence-corrected chi connectivity index (χ0v) is 11.7. The van der Waals surface area contributed by atoms with Crippen LogP contribution < -0.4 is 4.74 Å². The summed E-state index contributed by atoms with van der Waals surface area (Å²) in [5.41, 5.74) is 2.23. The molecular weight excluding hydrogens is 260 g/mol. The van der Waals surface area contributed by atoms with Gasteiger partial charge in [-0.05, 0) is 43.9 Å². The summed E-state index contributed by atoms with van der Waals surface area (Å²) in [5.74, 6) is 2.60. The highest BCUT2D eigenvalue weighted by molar-refractivity contribution is 6.29. The Bertz CT molecular complexity index is 624. The molecule has 0 spiro atoms. The molecule has 1 aliphatic rings. The van der Waals surface area contributed by atoms with Crippen molar-refractivity contribution in [2.45, 2.75) is 32.6 Å². The third-order valence-electron chi connectivity index (χ3n) is 3.19. The van der Waals surface area contributed by atoms with E-state index in [1.54, 1.807) is 6.07 Å². The van der Waals surface area contributed by atoms with E-state index in [0.717, 1.165) is 35.5 Å². The first-order valence-electron chi connectivity index (χ1n) is 6.41. The molecule has 1 aliphatic carbocycles. The van der Waals surface area contributed by atoms with Gasteiger partial charge in [0.05, 0.1) is 0 Å². The van der Waals surface area contributed by atoms with Crippen LogP contribution in [0.1, 0.15) is 35.7 Å². The molecule has 0 unspecified atom stereocenters. The molecule has 3 rings (SSSR count). The fourth-order valence-corrected chi connectivity index (χ4v) is 2.10. The maximum Gasteiger partial charge on any atom is 0.224 e. The molecule has 1 heterocycles. The highest BCUT2D eigenvalue weighted by Gasteiger charge is 2.27. The van der Waals surface area contributed by atoms with Crippen molar-refractivity contribution in [3.8, 4) is 11.6 Å². The van der Waals surface area contributed by atoms with Gasteiger partial charge in [0.2, 0.25) is 5.88 Å². The normalized spacial score (nSPS) is 14.5. The van der Waals surface area contributed by atoms with Gasteiger partial charge in [-0.2, -0.15) is 4.98 Å². The van der Waals surface area contributed by atoms with E-state index in [9.17, 15) is 0 Å². The zero-order valence-electron chi connectivity index (χ0n) is 11.0. The third-order valence-corrected chi connectivity index (χ3v) is 3.38. The Morgan fingerprint density at radius 1 is 1.16 bits per heavy atom. The zero-order chi connectivity index (χ0) is 13.4. The van der Waals surface area contributed by atoms with E-state index >= 15 is 0 Å². The van der Waals surface area contributed by atoms with Crippen molar-refractivity contribution in [2.75, 3.05) is 0 Å². The van der Waals surface area contributed by atoms with E-state index in [2.05, 4.69) is 16.0 Å². The van der Waals surface area contributed by atoms with E-state index < -0.39 is 0 Å². The number of nitrogens with zero attached hydrogens (tertiary/aromatic N) is 2. The highest BCUT2D eigenvalue weighted by Crippen LogP contribution is 2.39. The van der Waals surface area contributed by atoms with Crippen molar-refractivity contribution in [2.24, 2.45) is 0 Å². The predicted octanol–water partition coefficient (Wildman–Crippen LogP) is 4.42. The molecule has 0 radical (unpaired) electrons. The van der Waals surface area contributed by atoms with E-state index in [0.29, 0.717) is 17.0 Å². The first-order chi connectivity index (χ1) is 9.11. The Hall–Kier alpha value is -1.61. The van der Waals surface area contributed by atoms with Crippen LogP contribution in [0.5, 0.6) is 11.6 Å². The topological polar surface area (TPSA) is 35.0 Å². The molecule has 0 aliphatic heterocycles. The molecular formula is C15H15ClN2O. The Morgan fingerprint density at radius 2 is 1.95 bits per heavy atom. The lowest BCUT2D eigenvalue weighted by atomic mass is 10.1. The van der Waals surface area contributed by atoms with E-state index in [-0.39, 0.29) is 0 Å². The second-order valence-electron chi connectivity index (χ2n) is 5.03. The number of halogens is 1. The highest BCUT2D eigenvalue weighted by atomic mass is 35.5. The Morgan fingerprint density at radius 3 is 2.68 bits per heavy atom. The van der Waals surface area contributed by atoms with Crippen molar-refractivity contribution in [1.29, 1.82) is 0 Å². The monoisotopic (exact) mass is 274 g/mol. The lowest BCUT2D eigenvalue weighted by molar-refractivity contribution is 0.455. The third kappa shape index (κ3) is 2.87. The van der Waals surface area contributed by atoms with Gasteiger partial charge in [0.15, 0.2) is 0 Å². The van der Waals surface area contributed by atoms with Crippen LogP contribution in [0.2, 0.25) is 5.15 Å². The number of hydrogen-bond acceptors (Lipinski definition) is 3. The minimum atomic E-state index is 0.442. The van der Waals surface area contributed by atoms with Crippen LogP contribution in [0.25, 0.3) is 0 Å². The maximum atomic E-state index is 6.03. The number of hydrogen-bond donors (Lipinski definition) is 0. The standard InChI is InChI=1S/C15H15ClN2O/c1-9-3-4-10(2)12(7-9)19-14-8-13(16)17-15(18-14)11-5-6-11/h3-4,7-8,11H,5-6H2,1-2H3. The van der Waals surface area contributed by atoms with Gasteiger partial charge in [0, 0.05) is 12.0 Å². The van der Waals surface area contributed by atoms with Gasteiger partial charge in [-0.3, -0.25) is 0 Å². The first kappa shape index (κ1) is 12.4. The molecule has 0 saturated heterocycles. The fraction of sp³-hybridized carbons (Fsp3) is 0.333. The van der Waals surface area contributed by atoms with Gasteiger partial charge in [-0.15, -0.1) is 0 Å². The van der Waals surface area contributed by atoms with Gasteiger partial charge >= 0.3 is 0 Å². The largest absolute Gasteiger partial charge is 0.439 e. The second-order valence-corrected chi connectivity index (χ2v) is 5.42. The van der Waals surface area contributed by atoms with Crippen molar-refractivity contribution >= 4 is 11.6 Å². The molecule has 0 bridgehead atoms. The van der Waals surface area contributed by atoms with Crippen LogP contribution in [0.15, 0.2) is 24.3 Å². The summed E-state index contributed by atoms with van der Waals surface area (Å²) in [5, 5.41) is 0.442. The van der Waals surface area contributed by atoms with Crippen molar-refractivity contribution in [1.82, 2.24) is 9.97 Å². The van der Waals surface area contributed by atoms with Crippen LogP contribution in [0, 0.1) is 13.8 Å². The number of ether oxygens (including phenoxy) is 1. The molecule has 1 saturated carbocycles. The number of aromatic nitrogens is 2. The van der Waals surface area contributed by atoms with E-state index in [1.165, 1.54) is 0 Å². The summed E-state index contributed by atoms with van der Waals surface area (Å²) in [6, 6.07) is 7.76. The molecule has 4 heteroatoms. The first-order valence-corrected chi connectivity index (χ1v) is 6.79. The molecule has 1 fully saturated rings. The van der Waals surface area contributed by atoms with Crippen molar-refractivity contribution in [3.05, 3.63) is 46.4 Å². The average molecular weight is 275 g/mol. The summed E-state index contributed by atoms with van der Waals surface area (Å²) in [7, 11) is 0. The van der Waals surface area contributed by atoms with Crippen LogP contribution in [-0.4, -0.2) is 9.97 Å². The SMILES string of the molecule is Cc1ccc(C)c(Oc2cc(Cl)nc(C3CC3)n2)c1. The number of rotatable bonds is 3. The molecule has 0 amide bonds. The Labute approximate surface area is 117 Å². The summed E-state index contributed by atoms with van der Waals surface area (Å²) >= 11 is 6.03. The summed E-state index contributed by atoms with van der Waals surface area (Å²) in [4.78, 5) is 8.70. The van der Waals surface area contributed by atoms with Gasteiger partial charge in [-0.1, -0.05) is 23.7 Å². The lowest BCUT2D eigenvalue weighted by Crippen LogP contribution is -1.97. The molecule has 98 valence electrons. The van der Waals surface area contributed by atoms with Gasteiger partial charge in [0.25, 0.3) is 0 Å². The molecule has 0 atom stereocenters. The molecule has 0 N–H and O–H groups in total. The number of aryl methyl sites for hydroxylation is 2. The van der Waals surface area contributed by atoms with Gasteiger partial charge in [-0.25, -0.2) is 4.98 Å². The van der Waals surface area contributed by atoms with Crippen LogP contribution >= 0.6 is 11.6 Å². The molecule has 2 aromatic rings. The quantitative estimate of drug-likeness (QED) is 0.777. The summed E-state index contributed by atoms with van der Waals surface area (Å²) in [6.45, 7) is 4.05. The molecule has 3 nitrogen and oxygen atoms in total. The van der Waals surface area contributed by atoms with E-state index in [4.69, 9.17) is 16.3 Å². The van der Waals surface area contributed by atoms with E-state index in [1.807, 2.05) is 26.0 Å². The Balaban J connectivity index is 1.92. The van der Waals surface area contributed by atoms with Crippen LogP contribution in [0.3, 0.4) is 0 Å². The molecule has 19 heavy (non-hydrogen) atoms. The Kier molecular flexibility index (Phi) is 3.15. The van der Waals surface area contributed by atoms with Crippen molar-refractivity contribution in [3.63, 3.8) is 0 Å². The maximum absolute atomic E-state index is 6.03. The summed E-state index contributed by atoms with van der Waals surface area (Å²) < 4.78 is 5.85. The van der Waals surface area contributed by atoms with Crippen LogP contribution in [0.4, 0.5) is 0 Å². The second kappa shape index (κ2) is 4.82. The number of benzene rings is 1. The molecule has 1 aromatic heterocycles. The lowest BCUT2D eigenvalue weighted by Gasteiger charge is -2.09. The summed E-state index contributed by atoms with van der Waals surface area (Å²) in [6.07, 6.45) is 2.28. The fourth-order valence-electron chi connectivity index (χ4n) is 1.92. The van der Waals surface area contributed by atoms with Gasteiger partial charge < -0.3 is 4.74 Å². The predicted molar refractivity (Wildman–Crippen MR) is 75.0 cm³/mol. The van der Waals surface area contributed by atoms with Gasteiger partial charge in [0.1, 0.15) is 16.7 Å². The average Bonchev–Trinajstić information content (AvgIpc) is 3.17. The van der Waals surface area contributed by atoms with Crippen molar-refractivity contribution < 1.29 is 4.74 Å².